The van der Waals surface area contributed by atoms with E-state index in [4.69, 9.17) is 0 Å². The molecular formula is C15H20N2O. The van der Waals surface area contributed by atoms with Gasteiger partial charge in [-0.15, -0.1) is 0 Å². The molecule has 2 atom stereocenters. The van der Waals surface area contributed by atoms with Crippen molar-refractivity contribution in [3.8, 4) is 0 Å². The molecule has 18 heavy (non-hydrogen) atoms. The lowest BCUT2D eigenvalue weighted by molar-refractivity contribution is 0.185. The van der Waals surface area contributed by atoms with Crippen LogP contribution in [0.1, 0.15) is 31.2 Å². The average molecular weight is 244 g/mol. The first-order chi connectivity index (χ1) is 8.77. The highest BCUT2D eigenvalue weighted by atomic mass is 16.2. The molecule has 2 fully saturated rings. The van der Waals surface area contributed by atoms with Crippen LogP contribution in [0, 0.1) is 0 Å². The summed E-state index contributed by atoms with van der Waals surface area (Å²) in [5.74, 6) is 0. The van der Waals surface area contributed by atoms with Gasteiger partial charge in [-0.1, -0.05) is 43.2 Å². The maximum absolute atomic E-state index is 12.3. The molecule has 0 unspecified atom stereocenters. The molecule has 1 saturated carbocycles. The van der Waals surface area contributed by atoms with E-state index in [0.717, 1.165) is 19.4 Å². The van der Waals surface area contributed by atoms with Crippen LogP contribution in [0.25, 0.3) is 0 Å². The van der Waals surface area contributed by atoms with Crippen molar-refractivity contribution in [2.45, 2.75) is 44.3 Å². The fourth-order valence-electron chi connectivity index (χ4n) is 3.36. The molecule has 0 aromatic heterocycles. The van der Waals surface area contributed by atoms with Crippen LogP contribution < -0.4 is 0 Å². The zero-order valence-electron chi connectivity index (χ0n) is 10.9. The molecule has 1 saturated heterocycles. The number of nitrogens with zero attached hydrogens (tertiary/aromatic N) is 2. The second-order valence-corrected chi connectivity index (χ2v) is 5.43. The Bertz CT molecular complexity index is 431. The monoisotopic (exact) mass is 244 g/mol. The number of rotatable bonds is 2. The maximum Gasteiger partial charge on any atom is 0.320 e. The highest BCUT2D eigenvalue weighted by Gasteiger charge is 2.44. The number of carbonyl (C=O) groups is 1. The van der Waals surface area contributed by atoms with Gasteiger partial charge in [0.1, 0.15) is 0 Å². The normalized spacial score (nSPS) is 27.5. The number of benzene rings is 1. The van der Waals surface area contributed by atoms with Crippen molar-refractivity contribution in [3.63, 3.8) is 0 Å². The van der Waals surface area contributed by atoms with Crippen LogP contribution in [-0.4, -0.2) is 35.0 Å². The lowest BCUT2D eigenvalue weighted by Gasteiger charge is -2.31. The van der Waals surface area contributed by atoms with Crippen LogP contribution in [-0.2, 0) is 6.54 Å². The number of likely N-dealkylation sites (N-methyl/N-ethyl adjacent to an activating group) is 1. The van der Waals surface area contributed by atoms with Crippen LogP contribution in [0.2, 0.25) is 0 Å². The average Bonchev–Trinajstić information content (AvgIpc) is 2.66. The molecule has 96 valence electrons. The van der Waals surface area contributed by atoms with E-state index in [1.807, 2.05) is 30.1 Å². The van der Waals surface area contributed by atoms with E-state index in [1.165, 1.54) is 18.4 Å². The quantitative estimate of drug-likeness (QED) is 0.784. The Morgan fingerprint density at radius 3 is 2.50 bits per heavy atom. The van der Waals surface area contributed by atoms with E-state index in [2.05, 4.69) is 17.0 Å². The van der Waals surface area contributed by atoms with Crippen molar-refractivity contribution < 1.29 is 4.79 Å². The third-order valence-corrected chi connectivity index (χ3v) is 4.33. The topological polar surface area (TPSA) is 23.6 Å². The fraction of sp³-hybridized carbons (Fsp3) is 0.533. The Morgan fingerprint density at radius 1 is 1.11 bits per heavy atom. The Balaban J connectivity index is 1.80. The third kappa shape index (κ3) is 1.88. The van der Waals surface area contributed by atoms with Crippen LogP contribution in [0.15, 0.2) is 30.3 Å². The predicted molar refractivity (Wildman–Crippen MR) is 71.2 cm³/mol. The molecular weight excluding hydrogens is 224 g/mol. The van der Waals surface area contributed by atoms with Gasteiger partial charge in [-0.2, -0.15) is 0 Å². The standard InChI is InChI=1S/C15H20N2O/c1-16-13-9-5-6-10-14(13)17(15(16)18)11-12-7-3-2-4-8-12/h2-4,7-8,13-14H,5-6,9-11H2,1H3/t13-,14-/m0/s1. The Hall–Kier alpha value is -1.51. The molecule has 1 aliphatic carbocycles. The lowest BCUT2D eigenvalue weighted by Crippen LogP contribution is -2.38. The summed E-state index contributed by atoms with van der Waals surface area (Å²) < 4.78 is 0. The van der Waals surface area contributed by atoms with Crippen molar-refractivity contribution >= 4 is 6.03 Å². The van der Waals surface area contributed by atoms with Crippen molar-refractivity contribution in [2.24, 2.45) is 0 Å². The zero-order valence-corrected chi connectivity index (χ0v) is 10.9. The Morgan fingerprint density at radius 2 is 1.78 bits per heavy atom. The Labute approximate surface area is 108 Å². The zero-order chi connectivity index (χ0) is 12.5. The van der Waals surface area contributed by atoms with Crippen molar-refractivity contribution in [3.05, 3.63) is 35.9 Å². The van der Waals surface area contributed by atoms with E-state index in [-0.39, 0.29) is 6.03 Å². The molecule has 2 aliphatic rings. The Kier molecular flexibility index (Phi) is 2.98. The SMILES string of the molecule is CN1C(=O)N(Cc2ccccc2)[C@H]2CCCC[C@@H]21. The molecule has 1 aromatic carbocycles. The largest absolute Gasteiger partial charge is 0.323 e. The number of amides is 2. The van der Waals surface area contributed by atoms with Crippen molar-refractivity contribution in [1.29, 1.82) is 0 Å². The number of hydrogen-bond acceptors (Lipinski definition) is 1. The molecule has 2 amide bonds. The van der Waals surface area contributed by atoms with E-state index in [1.54, 1.807) is 0 Å². The van der Waals surface area contributed by atoms with Gasteiger partial charge in [0.05, 0.1) is 12.1 Å². The summed E-state index contributed by atoms with van der Waals surface area (Å²) in [6.45, 7) is 0.755. The first kappa shape index (κ1) is 11.6. The number of fused-ring (bicyclic) bond motifs is 1. The summed E-state index contributed by atoms with van der Waals surface area (Å²) in [6.07, 6.45) is 4.84. The van der Waals surface area contributed by atoms with E-state index >= 15 is 0 Å². The van der Waals surface area contributed by atoms with Crippen LogP contribution in [0.3, 0.4) is 0 Å². The van der Waals surface area contributed by atoms with E-state index < -0.39 is 0 Å². The number of carbonyl (C=O) groups excluding carboxylic acids is 1. The second-order valence-electron chi connectivity index (χ2n) is 5.43. The fourth-order valence-corrected chi connectivity index (χ4v) is 3.36. The molecule has 1 heterocycles. The molecule has 0 N–H and O–H groups in total. The minimum Gasteiger partial charge on any atom is -0.323 e. The van der Waals surface area contributed by atoms with Crippen molar-refractivity contribution in [2.75, 3.05) is 7.05 Å². The first-order valence-electron chi connectivity index (χ1n) is 6.85. The van der Waals surface area contributed by atoms with Gasteiger partial charge in [0.25, 0.3) is 0 Å². The van der Waals surface area contributed by atoms with Crippen LogP contribution >= 0.6 is 0 Å². The third-order valence-electron chi connectivity index (χ3n) is 4.33. The highest BCUT2D eigenvalue weighted by molar-refractivity contribution is 5.77. The molecule has 3 rings (SSSR count). The molecule has 0 bridgehead atoms. The van der Waals surface area contributed by atoms with E-state index in [9.17, 15) is 4.79 Å². The number of hydrogen-bond donors (Lipinski definition) is 0. The molecule has 3 nitrogen and oxygen atoms in total. The van der Waals surface area contributed by atoms with Crippen LogP contribution in [0.4, 0.5) is 4.79 Å². The van der Waals surface area contributed by atoms with E-state index in [0.29, 0.717) is 12.1 Å². The maximum atomic E-state index is 12.3. The van der Waals surface area contributed by atoms with Gasteiger partial charge in [0.2, 0.25) is 0 Å². The minimum absolute atomic E-state index is 0.204. The molecule has 0 radical (unpaired) electrons. The van der Waals surface area contributed by atoms with Gasteiger partial charge >= 0.3 is 6.03 Å². The molecule has 1 aromatic rings. The van der Waals surface area contributed by atoms with Crippen LogP contribution in [0.5, 0.6) is 0 Å². The smallest absolute Gasteiger partial charge is 0.320 e. The van der Waals surface area contributed by atoms with Gasteiger partial charge < -0.3 is 9.80 Å². The predicted octanol–water partition coefficient (Wildman–Crippen LogP) is 2.87. The van der Waals surface area contributed by atoms with Crippen molar-refractivity contribution in [1.82, 2.24) is 9.80 Å². The van der Waals surface area contributed by atoms with Gasteiger partial charge in [-0.25, -0.2) is 4.79 Å². The minimum atomic E-state index is 0.204. The summed E-state index contributed by atoms with van der Waals surface area (Å²) in [4.78, 5) is 16.3. The highest BCUT2D eigenvalue weighted by Crippen LogP contribution is 2.33. The second kappa shape index (κ2) is 4.63. The summed E-state index contributed by atoms with van der Waals surface area (Å²) >= 11 is 0. The summed E-state index contributed by atoms with van der Waals surface area (Å²) in [5, 5.41) is 0. The molecule has 3 heteroatoms. The molecule has 0 spiro atoms. The first-order valence-corrected chi connectivity index (χ1v) is 6.85. The number of urea groups is 1. The summed E-state index contributed by atoms with van der Waals surface area (Å²) in [6, 6.07) is 11.4. The molecule has 1 aliphatic heterocycles. The van der Waals surface area contributed by atoms with Gasteiger partial charge in [-0.3, -0.25) is 0 Å². The summed E-state index contributed by atoms with van der Waals surface area (Å²) in [5.41, 5.74) is 1.23. The van der Waals surface area contributed by atoms with Gasteiger partial charge in [-0.05, 0) is 18.4 Å². The van der Waals surface area contributed by atoms with Gasteiger partial charge in [0.15, 0.2) is 0 Å². The van der Waals surface area contributed by atoms with Gasteiger partial charge in [0, 0.05) is 13.6 Å². The summed E-state index contributed by atoms with van der Waals surface area (Å²) in [7, 11) is 1.95. The lowest BCUT2D eigenvalue weighted by atomic mass is 9.90.